The van der Waals surface area contributed by atoms with Crippen LogP contribution in [-0.4, -0.2) is 22.7 Å². The first-order chi connectivity index (χ1) is 10.1. The predicted octanol–water partition coefficient (Wildman–Crippen LogP) is 3.96. The van der Waals surface area contributed by atoms with Crippen molar-refractivity contribution < 1.29 is 14.5 Å². The Morgan fingerprint density at radius 1 is 1.36 bits per heavy atom. The number of halogens is 1. The van der Waals surface area contributed by atoms with E-state index >= 15 is 0 Å². The Labute approximate surface area is 134 Å². The molecule has 0 fully saturated rings. The average molecular weight is 329 g/mol. The zero-order chi connectivity index (χ0) is 16.9. The number of ether oxygens (including phenoxy) is 1. The highest BCUT2D eigenvalue weighted by Gasteiger charge is 2.33. The quantitative estimate of drug-likeness (QED) is 0.655. The lowest BCUT2D eigenvalue weighted by Crippen LogP contribution is -2.42. The summed E-state index contributed by atoms with van der Waals surface area (Å²) in [5.74, 6) is 0. The van der Waals surface area contributed by atoms with Gasteiger partial charge < -0.3 is 10.1 Å². The molecule has 22 heavy (non-hydrogen) atoms. The van der Waals surface area contributed by atoms with Crippen molar-refractivity contribution in [2.24, 2.45) is 0 Å². The van der Waals surface area contributed by atoms with Crippen LogP contribution in [0.15, 0.2) is 24.3 Å². The molecule has 0 aliphatic heterocycles. The molecule has 1 N–H and O–H groups in total. The van der Waals surface area contributed by atoms with E-state index in [1.807, 2.05) is 0 Å². The van der Waals surface area contributed by atoms with Gasteiger partial charge in [0, 0.05) is 16.4 Å². The summed E-state index contributed by atoms with van der Waals surface area (Å²) in [7, 11) is 0. The van der Waals surface area contributed by atoms with Crippen molar-refractivity contribution >= 4 is 17.7 Å². The minimum atomic E-state index is -0.950. The summed E-state index contributed by atoms with van der Waals surface area (Å²) in [6.45, 7) is 6.89. The topological polar surface area (TPSA) is 81.5 Å². The first-order valence-corrected chi connectivity index (χ1v) is 7.40. The summed E-state index contributed by atoms with van der Waals surface area (Å²) in [5.41, 5.74) is -0.0656. The van der Waals surface area contributed by atoms with Gasteiger partial charge in [-0.1, -0.05) is 30.7 Å². The van der Waals surface area contributed by atoms with Gasteiger partial charge in [0.2, 0.25) is 6.04 Å². The van der Waals surface area contributed by atoms with Crippen LogP contribution in [0, 0.1) is 10.1 Å². The molecular formula is C15H21ClN2O4. The maximum absolute atomic E-state index is 12.0. The lowest BCUT2D eigenvalue weighted by atomic mass is 9.98. The van der Waals surface area contributed by atoms with Crippen LogP contribution in [0.4, 0.5) is 4.79 Å². The molecule has 0 saturated carbocycles. The first kappa shape index (κ1) is 18.2. The molecule has 1 aromatic rings. The number of hydrogen-bond acceptors (Lipinski definition) is 4. The summed E-state index contributed by atoms with van der Waals surface area (Å²) in [6.07, 6.45) is -0.413. The second-order valence-corrected chi connectivity index (χ2v) is 6.37. The monoisotopic (exact) mass is 328 g/mol. The fourth-order valence-electron chi connectivity index (χ4n) is 2.01. The molecule has 0 heterocycles. The lowest BCUT2D eigenvalue weighted by Gasteiger charge is -2.25. The molecular weight excluding hydrogens is 308 g/mol. The van der Waals surface area contributed by atoms with Gasteiger partial charge in [-0.3, -0.25) is 10.1 Å². The van der Waals surface area contributed by atoms with Crippen LogP contribution < -0.4 is 5.32 Å². The Morgan fingerprint density at radius 2 is 1.91 bits per heavy atom. The molecule has 0 aliphatic rings. The zero-order valence-electron chi connectivity index (χ0n) is 13.1. The Morgan fingerprint density at radius 3 is 2.32 bits per heavy atom. The third-order valence-corrected chi connectivity index (χ3v) is 3.23. The number of nitrogens with zero attached hydrogens (tertiary/aromatic N) is 1. The number of carbonyl (C=O) groups is 1. The average Bonchev–Trinajstić information content (AvgIpc) is 2.36. The van der Waals surface area contributed by atoms with E-state index in [4.69, 9.17) is 16.3 Å². The molecule has 0 spiro atoms. The zero-order valence-corrected chi connectivity index (χ0v) is 13.9. The number of nitrogens with one attached hydrogen (secondary N) is 1. The summed E-state index contributed by atoms with van der Waals surface area (Å²) >= 11 is 5.84. The van der Waals surface area contributed by atoms with E-state index in [1.165, 1.54) is 0 Å². The van der Waals surface area contributed by atoms with Crippen molar-refractivity contribution in [1.82, 2.24) is 5.32 Å². The fraction of sp³-hybridized carbons (Fsp3) is 0.533. The van der Waals surface area contributed by atoms with Gasteiger partial charge in [0.05, 0.1) is 0 Å². The van der Waals surface area contributed by atoms with Gasteiger partial charge in [0.25, 0.3) is 0 Å². The standard InChI is InChI=1S/C15H21ClN2O4/c1-5-12(18(20)21)13(10-6-8-11(16)9-7-10)17-14(19)22-15(2,3)4/h6-9,12-13H,5H2,1-4H3,(H,17,19)/t12-,13+/m0/s1. The van der Waals surface area contributed by atoms with Crippen LogP contribution in [0.3, 0.4) is 0 Å². The van der Waals surface area contributed by atoms with Crippen molar-refractivity contribution in [3.8, 4) is 0 Å². The van der Waals surface area contributed by atoms with Crippen LogP contribution >= 0.6 is 11.6 Å². The van der Waals surface area contributed by atoms with Crippen molar-refractivity contribution in [3.05, 3.63) is 45.0 Å². The molecule has 0 saturated heterocycles. The van der Waals surface area contributed by atoms with Gasteiger partial charge in [-0.15, -0.1) is 0 Å². The van der Waals surface area contributed by atoms with Crippen molar-refractivity contribution in [3.63, 3.8) is 0 Å². The SMILES string of the molecule is CC[C@@H]([C@H](NC(=O)OC(C)(C)C)c1ccc(Cl)cc1)[N+](=O)[O-]. The minimum Gasteiger partial charge on any atom is -0.444 e. The minimum absolute atomic E-state index is 0.274. The van der Waals surface area contributed by atoms with Gasteiger partial charge in [-0.25, -0.2) is 4.79 Å². The highest BCUT2D eigenvalue weighted by molar-refractivity contribution is 6.30. The Balaban J connectivity index is 3.03. The van der Waals surface area contributed by atoms with E-state index in [9.17, 15) is 14.9 Å². The molecule has 1 amide bonds. The van der Waals surface area contributed by atoms with Crippen molar-refractivity contribution in [2.75, 3.05) is 0 Å². The first-order valence-electron chi connectivity index (χ1n) is 7.02. The second-order valence-electron chi connectivity index (χ2n) is 5.94. The summed E-state index contributed by atoms with van der Waals surface area (Å²) in [6, 6.07) is 4.86. The number of carbonyl (C=O) groups excluding carboxylic acids is 1. The van der Waals surface area contributed by atoms with Crippen LogP contribution in [0.25, 0.3) is 0 Å². The summed E-state index contributed by atoms with van der Waals surface area (Å²) in [4.78, 5) is 22.8. The lowest BCUT2D eigenvalue weighted by molar-refractivity contribution is -0.528. The van der Waals surface area contributed by atoms with Gasteiger partial charge in [0.1, 0.15) is 11.6 Å². The van der Waals surface area contributed by atoms with E-state index in [0.717, 1.165) is 0 Å². The van der Waals surface area contributed by atoms with Crippen molar-refractivity contribution in [2.45, 2.75) is 51.8 Å². The second kappa shape index (κ2) is 7.45. The number of benzene rings is 1. The summed E-state index contributed by atoms with van der Waals surface area (Å²) < 4.78 is 5.19. The van der Waals surface area contributed by atoms with E-state index < -0.39 is 28.7 Å². The predicted molar refractivity (Wildman–Crippen MR) is 84.6 cm³/mol. The van der Waals surface area contributed by atoms with E-state index in [0.29, 0.717) is 10.6 Å². The molecule has 1 aromatic carbocycles. The van der Waals surface area contributed by atoms with Gasteiger partial charge >= 0.3 is 6.09 Å². The van der Waals surface area contributed by atoms with Crippen LogP contribution in [-0.2, 0) is 4.74 Å². The fourth-order valence-corrected chi connectivity index (χ4v) is 2.14. The van der Waals surface area contributed by atoms with Gasteiger partial charge in [-0.2, -0.15) is 0 Å². The molecule has 0 aromatic heterocycles. The normalized spacial score (nSPS) is 14.0. The maximum atomic E-state index is 12.0. The van der Waals surface area contributed by atoms with Gasteiger partial charge in [0.15, 0.2) is 0 Å². The van der Waals surface area contributed by atoms with Crippen LogP contribution in [0.1, 0.15) is 45.7 Å². The van der Waals surface area contributed by atoms with Crippen molar-refractivity contribution in [1.29, 1.82) is 0 Å². The third kappa shape index (κ3) is 5.52. The number of nitro groups is 1. The van der Waals surface area contributed by atoms with Crippen LogP contribution in [0.5, 0.6) is 0 Å². The highest BCUT2D eigenvalue weighted by Crippen LogP contribution is 2.23. The molecule has 122 valence electrons. The smallest absolute Gasteiger partial charge is 0.408 e. The molecule has 1 rings (SSSR count). The van der Waals surface area contributed by atoms with E-state index in [-0.39, 0.29) is 6.42 Å². The Kier molecular flexibility index (Phi) is 6.17. The molecule has 0 radical (unpaired) electrons. The maximum Gasteiger partial charge on any atom is 0.408 e. The van der Waals surface area contributed by atoms with Gasteiger partial charge in [-0.05, 0) is 38.5 Å². The number of amides is 1. The molecule has 0 aliphatic carbocycles. The van der Waals surface area contributed by atoms with E-state index in [1.54, 1.807) is 52.0 Å². The molecule has 6 nitrogen and oxygen atoms in total. The number of rotatable bonds is 5. The van der Waals surface area contributed by atoms with E-state index in [2.05, 4.69) is 5.32 Å². The highest BCUT2D eigenvalue weighted by atomic mass is 35.5. The number of hydrogen-bond donors (Lipinski definition) is 1. The molecule has 0 bridgehead atoms. The Bertz CT molecular complexity index is 525. The largest absolute Gasteiger partial charge is 0.444 e. The molecule has 0 unspecified atom stereocenters. The molecule has 2 atom stereocenters. The Hall–Kier alpha value is -1.82. The summed E-state index contributed by atoms with van der Waals surface area (Å²) in [5, 5.41) is 14.4. The molecule has 7 heteroatoms. The number of alkyl carbamates (subject to hydrolysis) is 1. The third-order valence-electron chi connectivity index (χ3n) is 2.98. The van der Waals surface area contributed by atoms with Crippen LogP contribution in [0.2, 0.25) is 5.02 Å².